The zero-order valence-corrected chi connectivity index (χ0v) is 19.3. The maximum atomic E-state index is 12.7. The number of anilines is 1. The Labute approximate surface area is 195 Å². The lowest BCUT2D eigenvalue weighted by Gasteiger charge is -2.14. The smallest absolute Gasteiger partial charge is 0.293 e. The molecule has 0 radical (unpaired) electrons. The highest BCUT2D eigenvalue weighted by atomic mass is 35.5. The standard InChI is InChI=1S/C21H21ClN4O6S/c1-32-20-13-18(25-9-3-4-10-25)16(22)12-15(20)21(27)24-8-7-23-17-6-5-14(33(2,30)31)11-19(17)26(28)29/h3-6,9-13,23H,7-8H2,1-2H3,(H,24,27). The summed E-state index contributed by atoms with van der Waals surface area (Å²) in [6.07, 6.45) is 4.60. The number of hydrogen-bond acceptors (Lipinski definition) is 7. The van der Waals surface area contributed by atoms with E-state index in [2.05, 4.69) is 10.6 Å². The number of rotatable bonds is 9. The summed E-state index contributed by atoms with van der Waals surface area (Å²) in [5.74, 6) is -0.0999. The molecule has 33 heavy (non-hydrogen) atoms. The van der Waals surface area contributed by atoms with Crippen molar-refractivity contribution in [3.63, 3.8) is 0 Å². The molecule has 0 aliphatic heterocycles. The molecule has 0 unspecified atom stereocenters. The average molecular weight is 493 g/mol. The van der Waals surface area contributed by atoms with E-state index < -0.39 is 20.7 Å². The van der Waals surface area contributed by atoms with Gasteiger partial charge in [0.15, 0.2) is 9.84 Å². The van der Waals surface area contributed by atoms with Gasteiger partial charge >= 0.3 is 0 Å². The van der Waals surface area contributed by atoms with E-state index in [1.807, 2.05) is 24.5 Å². The molecule has 0 saturated heterocycles. The molecule has 0 saturated carbocycles. The molecule has 0 fully saturated rings. The van der Waals surface area contributed by atoms with Crippen LogP contribution in [-0.4, -0.2) is 50.3 Å². The fourth-order valence-electron chi connectivity index (χ4n) is 3.09. The predicted octanol–water partition coefficient (Wildman–Crippen LogP) is 3.29. The zero-order chi connectivity index (χ0) is 24.2. The Morgan fingerprint density at radius 3 is 2.48 bits per heavy atom. The number of carbonyl (C=O) groups is 1. The number of nitrogens with zero attached hydrogens (tertiary/aromatic N) is 2. The van der Waals surface area contributed by atoms with Gasteiger partial charge in [-0.15, -0.1) is 0 Å². The third-order valence-corrected chi connectivity index (χ3v) is 6.13. The molecule has 0 aliphatic carbocycles. The number of benzene rings is 2. The summed E-state index contributed by atoms with van der Waals surface area (Å²) >= 11 is 6.35. The maximum absolute atomic E-state index is 12.7. The zero-order valence-electron chi connectivity index (χ0n) is 17.7. The van der Waals surface area contributed by atoms with Crippen LogP contribution in [0.2, 0.25) is 5.02 Å². The summed E-state index contributed by atoms with van der Waals surface area (Å²) in [6.45, 7) is 0.284. The minimum Gasteiger partial charge on any atom is -0.496 e. The van der Waals surface area contributed by atoms with Gasteiger partial charge in [-0.2, -0.15) is 0 Å². The topological polar surface area (TPSA) is 133 Å². The van der Waals surface area contributed by atoms with Gasteiger partial charge in [0, 0.05) is 43.9 Å². The van der Waals surface area contributed by atoms with Crippen LogP contribution in [0, 0.1) is 10.1 Å². The van der Waals surface area contributed by atoms with Crippen LogP contribution in [0.1, 0.15) is 10.4 Å². The molecule has 1 aromatic heterocycles. The summed E-state index contributed by atoms with van der Waals surface area (Å²) in [5.41, 5.74) is 0.653. The molecule has 2 N–H and O–H groups in total. The molecule has 0 atom stereocenters. The molecule has 3 rings (SSSR count). The number of carbonyl (C=O) groups excluding carboxylic acids is 1. The first-order valence-corrected chi connectivity index (χ1v) is 11.9. The van der Waals surface area contributed by atoms with Crippen LogP contribution in [0.25, 0.3) is 5.69 Å². The first-order chi connectivity index (χ1) is 15.6. The number of aromatic nitrogens is 1. The van der Waals surface area contributed by atoms with Gasteiger partial charge in [-0.1, -0.05) is 11.6 Å². The molecular formula is C21H21ClN4O6S. The van der Waals surface area contributed by atoms with Crippen LogP contribution in [0.3, 0.4) is 0 Å². The third kappa shape index (κ3) is 5.62. The molecule has 0 bridgehead atoms. The number of methoxy groups -OCH3 is 1. The summed E-state index contributed by atoms with van der Waals surface area (Å²) in [5, 5.41) is 17.2. The van der Waals surface area contributed by atoms with Gasteiger partial charge in [-0.05, 0) is 30.3 Å². The highest BCUT2D eigenvalue weighted by Crippen LogP contribution is 2.30. The number of halogens is 1. The number of nitrogens with one attached hydrogen (secondary N) is 2. The normalized spacial score (nSPS) is 11.1. The monoisotopic (exact) mass is 492 g/mol. The Balaban J connectivity index is 1.68. The van der Waals surface area contributed by atoms with Crippen molar-refractivity contribution in [1.29, 1.82) is 0 Å². The molecule has 12 heteroatoms. The maximum Gasteiger partial charge on any atom is 0.293 e. The van der Waals surface area contributed by atoms with Crippen LogP contribution in [0.5, 0.6) is 5.75 Å². The molecule has 10 nitrogen and oxygen atoms in total. The molecule has 2 aromatic carbocycles. The van der Waals surface area contributed by atoms with E-state index in [4.69, 9.17) is 16.3 Å². The highest BCUT2D eigenvalue weighted by Gasteiger charge is 2.19. The van der Waals surface area contributed by atoms with Crippen LogP contribution < -0.4 is 15.4 Å². The molecule has 0 spiro atoms. The second kappa shape index (κ2) is 9.92. The van der Waals surface area contributed by atoms with E-state index in [9.17, 15) is 23.3 Å². The van der Waals surface area contributed by atoms with Crippen molar-refractivity contribution in [2.24, 2.45) is 0 Å². The van der Waals surface area contributed by atoms with Crippen LogP contribution in [0.4, 0.5) is 11.4 Å². The van der Waals surface area contributed by atoms with Gasteiger partial charge in [0.05, 0.1) is 33.2 Å². The Hall–Kier alpha value is -3.57. The fraction of sp³-hybridized carbons (Fsp3) is 0.190. The van der Waals surface area contributed by atoms with Gasteiger partial charge in [-0.25, -0.2) is 8.42 Å². The Morgan fingerprint density at radius 2 is 1.88 bits per heavy atom. The van der Waals surface area contributed by atoms with Gasteiger partial charge in [0.2, 0.25) is 0 Å². The lowest BCUT2D eigenvalue weighted by Crippen LogP contribution is -2.29. The molecule has 174 valence electrons. The van der Waals surface area contributed by atoms with Crippen molar-refractivity contribution in [1.82, 2.24) is 9.88 Å². The summed E-state index contributed by atoms with van der Waals surface area (Å²) in [6, 6.07) is 10.4. The second-order valence-electron chi connectivity index (χ2n) is 6.99. The minimum atomic E-state index is -3.58. The lowest BCUT2D eigenvalue weighted by molar-refractivity contribution is -0.384. The lowest BCUT2D eigenvalue weighted by atomic mass is 10.1. The van der Waals surface area contributed by atoms with E-state index in [0.29, 0.717) is 16.5 Å². The van der Waals surface area contributed by atoms with Crippen LogP contribution in [0.15, 0.2) is 59.8 Å². The largest absolute Gasteiger partial charge is 0.496 e. The van der Waals surface area contributed by atoms with E-state index in [0.717, 1.165) is 12.3 Å². The fourth-order valence-corrected chi connectivity index (χ4v) is 4.00. The molecule has 0 aliphatic rings. The Morgan fingerprint density at radius 1 is 1.18 bits per heavy atom. The van der Waals surface area contributed by atoms with Crippen molar-refractivity contribution in [3.05, 3.63) is 75.6 Å². The first-order valence-electron chi connectivity index (χ1n) is 9.63. The minimum absolute atomic E-state index is 0.129. The number of nitro benzene ring substituents is 1. The number of sulfone groups is 1. The van der Waals surface area contributed by atoms with Gasteiger partial charge in [0.25, 0.3) is 11.6 Å². The van der Waals surface area contributed by atoms with Crippen molar-refractivity contribution < 1.29 is 22.9 Å². The van der Waals surface area contributed by atoms with E-state index >= 15 is 0 Å². The van der Waals surface area contributed by atoms with Gasteiger partial charge in [0.1, 0.15) is 11.4 Å². The van der Waals surface area contributed by atoms with Crippen molar-refractivity contribution >= 4 is 38.7 Å². The predicted molar refractivity (Wildman–Crippen MR) is 124 cm³/mol. The van der Waals surface area contributed by atoms with Gasteiger partial charge < -0.3 is 19.9 Å². The molecule has 1 amide bonds. The molecule has 3 aromatic rings. The Bertz CT molecular complexity index is 1290. The number of ether oxygens (including phenoxy) is 1. The number of nitro groups is 1. The quantitative estimate of drug-likeness (QED) is 0.266. The number of hydrogen-bond donors (Lipinski definition) is 2. The van der Waals surface area contributed by atoms with Gasteiger partial charge in [-0.3, -0.25) is 14.9 Å². The van der Waals surface area contributed by atoms with Crippen molar-refractivity contribution in [2.75, 3.05) is 31.8 Å². The van der Waals surface area contributed by atoms with Crippen molar-refractivity contribution in [3.8, 4) is 11.4 Å². The van der Waals surface area contributed by atoms with Crippen LogP contribution >= 0.6 is 11.6 Å². The Kier molecular flexibility index (Phi) is 7.24. The third-order valence-electron chi connectivity index (χ3n) is 4.72. The molecule has 1 heterocycles. The summed E-state index contributed by atoms with van der Waals surface area (Å²) < 4.78 is 30.4. The van der Waals surface area contributed by atoms with E-state index in [1.54, 1.807) is 10.6 Å². The van der Waals surface area contributed by atoms with E-state index in [-0.39, 0.29) is 34.9 Å². The van der Waals surface area contributed by atoms with E-state index in [1.165, 1.54) is 25.3 Å². The summed E-state index contributed by atoms with van der Waals surface area (Å²) in [4.78, 5) is 23.1. The summed E-state index contributed by atoms with van der Waals surface area (Å²) in [7, 11) is -2.14. The average Bonchev–Trinajstić information content (AvgIpc) is 3.30. The first kappa shape index (κ1) is 24.1. The van der Waals surface area contributed by atoms with Crippen molar-refractivity contribution in [2.45, 2.75) is 4.90 Å². The SMILES string of the molecule is COc1cc(-n2cccc2)c(Cl)cc1C(=O)NCCNc1ccc(S(C)(=O)=O)cc1[N+](=O)[O-]. The number of amides is 1. The molecular weight excluding hydrogens is 472 g/mol. The van der Waals surface area contributed by atoms with Crippen LogP contribution in [-0.2, 0) is 9.84 Å². The highest BCUT2D eigenvalue weighted by molar-refractivity contribution is 7.90. The second-order valence-corrected chi connectivity index (χ2v) is 9.41.